The summed E-state index contributed by atoms with van der Waals surface area (Å²) in [6.07, 6.45) is 3.51. The Bertz CT molecular complexity index is 586. The van der Waals surface area contributed by atoms with Gasteiger partial charge < -0.3 is 5.32 Å². The lowest BCUT2D eigenvalue weighted by Gasteiger charge is -2.16. The van der Waals surface area contributed by atoms with E-state index in [9.17, 15) is 13.2 Å². The summed E-state index contributed by atoms with van der Waals surface area (Å²) in [4.78, 5) is 12.0. The Labute approximate surface area is 131 Å². The van der Waals surface area contributed by atoms with Crippen molar-refractivity contribution in [3.05, 3.63) is 23.3 Å². The first-order chi connectivity index (χ1) is 9.83. The first kappa shape index (κ1) is 18.0. The second kappa shape index (κ2) is 7.80. The molecule has 1 aromatic rings. The van der Waals surface area contributed by atoms with Crippen molar-refractivity contribution in [2.75, 3.05) is 5.32 Å². The van der Waals surface area contributed by atoms with Gasteiger partial charge in [-0.15, -0.1) is 0 Å². The Morgan fingerprint density at radius 3 is 2.05 bits per heavy atom. The maximum Gasteiger partial charge on any atom is 0.261 e. The summed E-state index contributed by atoms with van der Waals surface area (Å²) in [7, 11) is 1.66. The molecule has 0 saturated carbocycles. The highest BCUT2D eigenvalue weighted by Crippen LogP contribution is 2.28. The Balaban J connectivity index is 3.21. The number of unbranched alkanes of at least 4 members (excludes halogenated alkanes) is 1. The summed E-state index contributed by atoms with van der Waals surface area (Å²) in [6.45, 7) is 5.87. The zero-order valence-corrected chi connectivity index (χ0v) is 14.3. The topological polar surface area (TPSA) is 63.2 Å². The number of hydrogen-bond donors (Lipinski definition) is 1. The van der Waals surface area contributed by atoms with Crippen LogP contribution < -0.4 is 5.32 Å². The lowest BCUT2D eigenvalue weighted by atomic mass is 10.0. The molecule has 0 saturated heterocycles. The smallest absolute Gasteiger partial charge is 0.261 e. The lowest BCUT2D eigenvalue weighted by Crippen LogP contribution is -2.15. The van der Waals surface area contributed by atoms with Crippen molar-refractivity contribution in [1.82, 2.24) is 0 Å². The number of halogens is 1. The van der Waals surface area contributed by atoms with Crippen LogP contribution in [0.5, 0.6) is 0 Å². The second-order valence-electron chi connectivity index (χ2n) is 4.91. The highest BCUT2D eigenvalue weighted by molar-refractivity contribution is 8.13. The maximum absolute atomic E-state index is 11.9. The minimum absolute atomic E-state index is 0.0391. The van der Waals surface area contributed by atoms with Gasteiger partial charge in [-0.1, -0.05) is 27.2 Å². The number of hydrogen-bond acceptors (Lipinski definition) is 3. The molecule has 0 fully saturated rings. The minimum atomic E-state index is -3.77. The normalized spacial score (nSPS) is 11.4. The molecule has 21 heavy (non-hydrogen) atoms. The monoisotopic (exact) mass is 331 g/mol. The molecular formula is C15H22ClNO3S. The Morgan fingerprint density at radius 1 is 1.14 bits per heavy atom. The van der Waals surface area contributed by atoms with Gasteiger partial charge >= 0.3 is 0 Å². The first-order valence-electron chi connectivity index (χ1n) is 7.23. The van der Waals surface area contributed by atoms with Crippen molar-refractivity contribution in [3.8, 4) is 0 Å². The molecule has 6 heteroatoms. The van der Waals surface area contributed by atoms with E-state index in [0.29, 0.717) is 19.3 Å². The van der Waals surface area contributed by atoms with Crippen LogP contribution in [0.1, 0.15) is 51.2 Å². The van der Waals surface area contributed by atoms with Crippen LogP contribution in [0.2, 0.25) is 0 Å². The minimum Gasteiger partial charge on any atom is -0.326 e. The Hall–Kier alpha value is -1.07. The largest absolute Gasteiger partial charge is 0.326 e. The summed E-state index contributed by atoms with van der Waals surface area (Å²) in [5.41, 5.74) is 2.31. The second-order valence-corrected chi connectivity index (χ2v) is 7.48. The third-order valence-electron chi connectivity index (χ3n) is 3.34. The molecule has 118 valence electrons. The molecule has 0 bridgehead atoms. The number of aryl methyl sites for hydroxylation is 2. The van der Waals surface area contributed by atoms with Gasteiger partial charge in [0, 0.05) is 22.8 Å². The van der Waals surface area contributed by atoms with E-state index in [0.717, 1.165) is 29.7 Å². The standard InChI is InChI=1S/C15H22ClNO3S/c1-4-7-8-14(18)17-15-11(5-2)9-13(21(16,19)20)10-12(15)6-3/h9-10H,4-8H2,1-3H3,(H,17,18). The van der Waals surface area contributed by atoms with E-state index in [-0.39, 0.29) is 10.8 Å². The van der Waals surface area contributed by atoms with E-state index < -0.39 is 9.05 Å². The lowest BCUT2D eigenvalue weighted by molar-refractivity contribution is -0.116. The fraction of sp³-hybridized carbons (Fsp3) is 0.533. The molecule has 4 nitrogen and oxygen atoms in total. The Kier molecular flexibility index (Phi) is 6.68. The molecule has 1 amide bonds. The predicted molar refractivity (Wildman–Crippen MR) is 86.4 cm³/mol. The number of anilines is 1. The first-order valence-corrected chi connectivity index (χ1v) is 9.54. The fourth-order valence-electron chi connectivity index (χ4n) is 2.13. The van der Waals surface area contributed by atoms with E-state index in [1.165, 1.54) is 12.1 Å². The highest BCUT2D eigenvalue weighted by Gasteiger charge is 2.17. The molecule has 0 heterocycles. The van der Waals surface area contributed by atoms with E-state index in [4.69, 9.17) is 10.7 Å². The summed E-state index contributed by atoms with van der Waals surface area (Å²) in [5.74, 6) is -0.0391. The van der Waals surface area contributed by atoms with Gasteiger partial charge in [0.25, 0.3) is 9.05 Å². The average Bonchev–Trinajstić information content (AvgIpc) is 2.43. The highest BCUT2D eigenvalue weighted by atomic mass is 35.7. The van der Waals surface area contributed by atoms with Crippen LogP contribution in [-0.4, -0.2) is 14.3 Å². The van der Waals surface area contributed by atoms with E-state index in [1.54, 1.807) is 0 Å². The van der Waals surface area contributed by atoms with Gasteiger partial charge in [0.2, 0.25) is 5.91 Å². The molecule has 0 atom stereocenters. The number of rotatable bonds is 7. The van der Waals surface area contributed by atoms with Crippen LogP contribution in [0.4, 0.5) is 5.69 Å². The van der Waals surface area contributed by atoms with Crippen molar-refractivity contribution < 1.29 is 13.2 Å². The number of nitrogens with one attached hydrogen (secondary N) is 1. The molecular weight excluding hydrogens is 310 g/mol. The molecule has 0 spiro atoms. The number of carbonyl (C=O) groups is 1. The molecule has 1 N–H and O–H groups in total. The fourth-order valence-corrected chi connectivity index (χ4v) is 2.97. The molecule has 0 aliphatic rings. The number of amides is 1. The average molecular weight is 332 g/mol. The number of carbonyl (C=O) groups excluding carboxylic acids is 1. The summed E-state index contributed by atoms with van der Waals surface area (Å²) in [5, 5.41) is 2.92. The van der Waals surface area contributed by atoms with Crippen LogP contribution in [-0.2, 0) is 26.7 Å². The third kappa shape index (κ3) is 5.00. The zero-order valence-electron chi connectivity index (χ0n) is 12.7. The number of benzene rings is 1. The van der Waals surface area contributed by atoms with Crippen molar-refractivity contribution in [2.45, 2.75) is 57.8 Å². The Morgan fingerprint density at radius 2 is 1.67 bits per heavy atom. The van der Waals surface area contributed by atoms with Gasteiger partial charge in [0.05, 0.1) is 4.90 Å². The quantitative estimate of drug-likeness (QED) is 0.771. The van der Waals surface area contributed by atoms with E-state index in [1.807, 2.05) is 20.8 Å². The third-order valence-corrected chi connectivity index (χ3v) is 4.67. The van der Waals surface area contributed by atoms with Crippen molar-refractivity contribution in [3.63, 3.8) is 0 Å². The molecule has 0 aromatic heterocycles. The van der Waals surface area contributed by atoms with Crippen LogP contribution in [0.15, 0.2) is 17.0 Å². The summed E-state index contributed by atoms with van der Waals surface area (Å²) in [6, 6.07) is 3.08. The zero-order chi connectivity index (χ0) is 16.0. The van der Waals surface area contributed by atoms with Crippen LogP contribution in [0.25, 0.3) is 0 Å². The van der Waals surface area contributed by atoms with Crippen molar-refractivity contribution in [2.24, 2.45) is 0 Å². The molecule has 1 rings (SSSR count). The molecule has 1 aromatic carbocycles. The SMILES string of the molecule is CCCCC(=O)Nc1c(CC)cc(S(=O)(=O)Cl)cc1CC. The predicted octanol–water partition coefficient (Wildman–Crippen LogP) is 3.87. The van der Waals surface area contributed by atoms with Crippen LogP contribution >= 0.6 is 10.7 Å². The van der Waals surface area contributed by atoms with Gasteiger partial charge in [-0.25, -0.2) is 8.42 Å². The van der Waals surface area contributed by atoms with E-state index in [2.05, 4.69) is 5.32 Å². The van der Waals surface area contributed by atoms with Gasteiger partial charge in [0.1, 0.15) is 0 Å². The molecule has 0 aliphatic heterocycles. The van der Waals surface area contributed by atoms with E-state index >= 15 is 0 Å². The molecule has 0 aliphatic carbocycles. The van der Waals surface area contributed by atoms with Crippen molar-refractivity contribution in [1.29, 1.82) is 0 Å². The van der Waals surface area contributed by atoms with Crippen LogP contribution in [0.3, 0.4) is 0 Å². The molecule has 0 unspecified atom stereocenters. The maximum atomic E-state index is 11.9. The molecule has 0 radical (unpaired) electrons. The van der Waals surface area contributed by atoms with Gasteiger partial charge in [-0.05, 0) is 42.5 Å². The van der Waals surface area contributed by atoms with Gasteiger partial charge in [-0.2, -0.15) is 0 Å². The van der Waals surface area contributed by atoms with Gasteiger partial charge in [-0.3, -0.25) is 4.79 Å². The van der Waals surface area contributed by atoms with Crippen molar-refractivity contribution >= 4 is 31.3 Å². The van der Waals surface area contributed by atoms with Crippen LogP contribution in [0, 0.1) is 0 Å². The summed E-state index contributed by atoms with van der Waals surface area (Å²) >= 11 is 0. The van der Waals surface area contributed by atoms with Gasteiger partial charge in [0.15, 0.2) is 0 Å². The summed E-state index contributed by atoms with van der Waals surface area (Å²) < 4.78 is 23.0.